The standard InChI is InChI=1S/C15H23N5O3S/c1-11-10-13(22)18-14(17-11)19-15(23)16-6-4-7-20(3)8-5-9-24-12(2)21/h8,10H,4-7,9H2,1-3H3,(H2-,16,17,18,19,22,23)/p+1. The Morgan fingerprint density at radius 1 is 1.46 bits per heavy atom. The number of thioether (sulfide) groups is 1. The molecule has 24 heavy (non-hydrogen) atoms. The van der Waals surface area contributed by atoms with E-state index in [9.17, 15) is 14.4 Å². The first-order valence-electron chi connectivity index (χ1n) is 7.66. The molecule has 0 saturated carbocycles. The molecule has 0 radical (unpaired) electrons. The van der Waals surface area contributed by atoms with Crippen LogP contribution >= 0.6 is 11.8 Å². The SMILES string of the molecule is CC(=O)SCCC=[N+](C)CCCNC(=O)Nc1nc(C)cc(=O)[nH]1. The molecule has 3 N–H and O–H groups in total. The van der Waals surface area contributed by atoms with Crippen molar-refractivity contribution in [3.8, 4) is 0 Å². The van der Waals surface area contributed by atoms with Crippen molar-refractivity contribution >= 4 is 35.1 Å². The fourth-order valence-corrected chi connectivity index (χ4v) is 2.40. The molecule has 132 valence electrons. The first-order chi connectivity index (χ1) is 11.4. The molecule has 0 aromatic carbocycles. The van der Waals surface area contributed by atoms with Gasteiger partial charge in [0.25, 0.3) is 5.56 Å². The van der Waals surface area contributed by atoms with Crippen LogP contribution in [0.3, 0.4) is 0 Å². The van der Waals surface area contributed by atoms with Gasteiger partial charge < -0.3 is 5.32 Å². The number of rotatable bonds is 8. The van der Waals surface area contributed by atoms with Gasteiger partial charge in [-0.1, -0.05) is 11.8 Å². The third kappa shape index (κ3) is 9.09. The van der Waals surface area contributed by atoms with Crippen LogP contribution in [0, 0.1) is 6.92 Å². The van der Waals surface area contributed by atoms with Crippen LogP contribution in [-0.2, 0) is 4.79 Å². The number of H-pyrrole nitrogens is 1. The highest BCUT2D eigenvalue weighted by molar-refractivity contribution is 8.13. The van der Waals surface area contributed by atoms with Crippen LogP contribution in [-0.4, -0.2) is 57.8 Å². The van der Waals surface area contributed by atoms with Crippen LogP contribution in [0.1, 0.15) is 25.5 Å². The van der Waals surface area contributed by atoms with Gasteiger partial charge in [-0.3, -0.25) is 19.9 Å². The van der Waals surface area contributed by atoms with E-state index < -0.39 is 6.03 Å². The average molecular weight is 354 g/mol. The molecule has 0 fully saturated rings. The number of hydrogen-bond acceptors (Lipinski definition) is 5. The number of anilines is 1. The molecule has 0 saturated heterocycles. The van der Waals surface area contributed by atoms with Crippen LogP contribution in [0.5, 0.6) is 0 Å². The number of aryl methyl sites for hydroxylation is 1. The van der Waals surface area contributed by atoms with Crippen molar-refractivity contribution in [2.45, 2.75) is 26.7 Å². The Kier molecular flexibility index (Phi) is 8.77. The monoisotopic (exact) mass is 354 g/mol. The largest absolute Gasteiger partial charge is 0.338 e. The molecule has 9 heteroatoms. The van der Waals surface area contributed by atoms with Gasteiger partial charge in [-0.25, -0.2) is 14.4 Å². The van der Waals surface area contributed by atoms with Crippen LogP contribution in [0.2, 0.25) is 0 Å². The summed E-state index contributed by atoms with van der Waals surface area (Å²) in [6.07, 6.45) is 3.65. The van der Waals surface area contributed by atoms with E-state index in [2.05, 4.69) is 20.6 Å². The summed E-state index contributed by atoms with van der Waals surface area (Å²) in [5.41, 5.74) is 0.229. The van der Waals surface area contributed by atoms with Gasteiger partial charge in [0.1, 0.15) is 19.8 Å². The normalized spacial score (nSPS) is 11.2. The highest BCUT2D eigenvalue weighted by Gasteiger charge is 2.05. The zero-order chi connectivity index (χ0) is 17.9. The third-order valence-electron chi connectivity index (χ3n) is 2.94. The first-order valence-corrected chi connectivity index (χ1v) is 8.65. The topological polar surface area (TPSA) is 107 Å². The summed E-state index contributed by atoms with van der Waals surface area (Å²) in [6, 6.07) is 0.942. The molecule has 1 aromatic heterocycles. The Morgan fingerprint density at radius 2 is 2.21 bits per heavy atom. The van der Waals surface area contributed by atoms with E-state index in [0.29, 0.717) is 12.2 Å². The van der Waals surface area contributed by atoms with Gasteiger partial charge >= 0.3 is 6.03 Å². The van der Waals surface area contributed by atoms with Gasteiger partial charge in [-0.15, -0.1) is 0 Å². The number of amides is 2. The van der Waals surface area contributed by atoms with E-state index in [1.807, 2.05) is 17.8 Å². The van der Waals surface area contributed by atoms with Gasteiger partial charge in [-0.2, -0.15) is 0 Å². The number of aromatic amines is 1. The molecule has 0 aliphatic carbocycles. The predicted molar refractivity (Wildman–Crippen MR) is 96.1 cm³/mol. The number of aromatic nitrogens is 2. The Morgan fingerprint density at radius 3 is 2.88 bits per heavy atom. The van der Waals surface area contributed by atoms with E-state index in [4.69, 9.17) is 0 Å². The number of nitrogens with one attached hydrogen (secondary N) is 3. The molecular formula is C15H24N5O3S+. The van der Waals surface area contributed by atoms with Crippen LogP contribution < -0.4 is 16.2 Å². The number of carbonyl (C=O) groups excluding carboxylic acids is 2. The number of carbonyl (C=O) groups is 2. The fraction of sp³-hybridized carbons (Fsp3) is 0.533. The zero-order valence-electron chi connectivity index (χ0n) is 14.2. The molecule has 0 atom stereocenters. The lowest BCUT2D eigenvalue weighted by Gasteiger charge is -2.06. The minimum absolute atomic E-state index is 0.130. The Balaban J connectivity index is 2.22. The summed E-state index contributed by atoms with van der Waals surface area (Å²) in [4.78, 5) is 40.3. The van der Waals surface area contributed by atoms with Crippen molar-refractivity contribution in [2.24, 2.45) is 0 Å². The maximum Gasteiger partial charge on any atom is 0.321 e. The van der Waals surface area contributed by atoms with Gasteiger partial charge in [-0.05, 0) is 6.92 Å². The highest BCUT2D eigenvalue weighted by Crippen LogP contribution is 2.01. The molecule has 2 amide bonds. The van der Waals surface area contributed by atoms with Gasteiger partial charge in [0, 0.05) is 43.8 Å². The summed E-state index contributed by atoms with van der Waals surface area (Å²) >= 11 is 1.32. The quantitative estimate of drug-likeness (QED) is 0.366. The fourth-order valence-electron chi connectivity index (χ4n) is 1.89. The predicted octanol–water partition coefficient (Wildman–Crippen LogP) is 0.973. The maximum atomic E-state index is 11.7. The van der Waals surface area contributed by atoms with Crippen molar-refractivity contribution in [1.82, 2.24) is 15.3 Å². The zero-order valence-corrected chi connectivity index (χ0v) is 15.0. The summed E-state index contributed by atoms with van der Waals surface area (Å²) in [6.45, 7) is 4.54. The highest BCUT2D eigenvalue weighted by atomic mass is 32.2. The summed E-state index contributed by atoms with van der Waals surface area (Å²) in [5, 5.41) is 5.33. The summed E-state index contributed by atoms with van der Waals surface area (Å²) < 4.78 is 2.04. The van der Waals surface area contributed by atoms with Gasteiger partial charge in [0.15, 0.2) is 5.12 Å². The molecule has 1 aromatic rings. The Labute approximate surface area is 145 Å². The lowest BCUT2D eigenvalue weighted by Crippen LogP contribution is -2.32. The van der Waals surface area contributed by atoms with Crippen molar-refractivity contribution < 1.29 is 14.2 Å². The van der Waals surface area contributed by atoms with Crippen molar-refractivity contribution in [3.05, 3.63) is 22.1 Å². The minimum Gasteiger partial charge on any atom is -0.338 e. The van der Waals surface area contributed by atoms with E-state index in [1.165, 1.54) is 17.8 Å². The lowest BCUT2D eigenvalue weighted by molar-refractivity contribution is -0.493. The summed E-state index contributed by atoms with van der Waals surface area (Å²) in [5.74, 6) is 0.910. The van der Waals surface area contributed by atoms with Crippen molar-refractivity contribution in [3.63, 3.8) is 0 Å². The summed E-state index contributed by atoms with van der Waals surface area (Å²) in [7, 11) is 1.96. The average Bonchev–Trinajstić information content (AvgIpc) is 2.47. The molecule has 8 nitrogen and oxygen atoms in total. The van der Waals surface area contributed by atoms with Crippen molar-refractivity contribution in [2.75, 3.05) is 31.2 Å². The first kappa shape index (κ1) is 19.9. The molecule has 0 aliphatic heterocycles. The lowest BCUT2D eigenvalue weighted by atomic mass is 10.4. The van der Waals surface area contributed by atoms with Crippen molar-refractivity contribution in [1.29, 1.82) is 0 Å². The number of nitrogens with zero attached hydrogens (tertiary/aromatic N) is 2. The minimum atomic E-state index is -0.409. The second-order valence-corrected chi connectivity index (χ2v) is 6.53. The second kappa shape index (κ2) is 10.6. The Hall–Kier alpha value is -2.16. The smallest absolute Gasteiger partial charge is 0.321 e. The molecule has 0 bridgehead atoms. The second-order valence-electron chi connectivity index (χ2n) is 5.26. The molecular weight excluding hydrogens is 330 g/mol. The van der Waals surface area contributed by atoms with E-state index in [-0.39, 0.29) is 16.6 Å². The van der Waals surface area contributed by atoms with E-state index in [0.717, 1.165) is 25.1 Å². The van der Waals surface area contributed by atoms with Gasteiger partial charge in [0.2, 0.25) is 5.95 Å². The third-order valence-corrected chi connectivity index (χ3v) is 3.79. The molecule has 0 unspecified atom stereocenters. The number of urea groups is 1. The number of hydrogen-bond donors (Lipinski definition) is 3. The van der Waals surface area contributed by atoms with E-state index >= 15 is 0 Å². The van der Waals surface area contributed by atoms with Crippen LogP contribution in [0.25, 0.3) is 0 Å². The van der Waals surface area contributed by atoms with Crippen LogP contribution in [0.15, 0.2) is 10.9 Å². The van der Waals surface area contributed by atoms with E-state index in [1.54, 1.807) is 13.8 Å². The van der Waals surface area contributed by atoms with Gasteiger partial charge in [0.05, 0.1) is 0 Å². The molecule has 1 heterocycles. The maximum absolute atomic E-state index is 11.7. The Bertz CT molecular complexity index is 657. The molecule has 0 aliphatic rings. The molecule has 0 spiro atoms. The van der Waals surface area contributed by atoms with Crippen LogP contribution in [0.4, 0.5) is 10.7 Å². The molecule has 1 rings (SSSR count).